The highest BCUT2D eigenvalue weighted by Gasteiger charge is 2.37. The van der Waals surface area contributed by atoms with Gasteiger partial charge in [-0.05, 0) is 176 Å². The maximum atomic E-state index is 9.41. The van der Waals surface area contributed by atoms with Gasteiger partial charge in [-0.2, -0.15) is 0 Å². The first-order valence-corrected chi connectivity index (χ1v) is 27.1. The average molecular weight is 1160 g/mol. The molecule has 4 nitrogen and oxygen atoms in total. The molecule has 0 atom stereocenters. The Morgan fingerprint density at radius 3 is 1.00 bits per heavy atom. The van der Waals surface area contributed by atoms with Crippen LogP contribution < -0.4 is 15.3 Å². The number of para-hydroxylation sites is 4. The van der Waals surface area contributed by atoms with Gasteiger partial charge in [0.15, 0.2) is 0 Å². The number of anilines is 6. The lowest BCUT2D eigenvalue weighted by Crippen LogP contribution is -2.30. The molecule has 0 radical (unpaired) electrons. The lowest BCUT2D eigenvalue weighted by Gasteiger charge is -2.26. The normalized spacial score (nSPS) is 12.9. The molecular formula is C66H54BBr3N2O2. The Morgan fingerprint density at radius 2 is 0.622 bits per heavy atom. The van der Waals surface area contributed by atoms with Crippen molar-refractivity contribution >= 4 is 94.5 Å². The molecule has 2 N–H and O–H groups in total. The zero-order valence-electron chi connectivity index (χ0n) is 41.6. The van der Waals surface area contributed by atoms with Crippen molar-refractivity contribution in [1.82, 2.24) is 0 Å². The van der Waals surface area contributed by atoms with Gasteiger partial charge in [0, 0.05) is 58.4 Å². The van der Waals surface area contributed by atoms with Crippen molar-refractivity contribution in [1.29, 1.82) is 0 Å². The van der Waals surface area contributed by atoms with Crippen LogP contribution in [0.4, 0.5) is 34.1 Å². The van der Waals surface area contributed by atoms with Crippen LogP contribution in [0.25, 0.3) is 33.4 Å². The number of benzene rings is 10. The van der Waals surface area contributed by atoms with E-state index in [1.807, 2.05) is 72.8 Å². The molecule has 2 aliphatic carbocycles. The first-order valence-electron chi connectivity index (χ1n) is 24.7. The van der Waals surface area contributed by atoms with E-state index >= 15 is 0 Å². The van der Waals surface area contributed by atoms with Crippen molar-refractivity contribution in [2.24, 2.45) is 0 Å². The van der Waals surface area contributed by atoms with E-state index in [0.29, 0.717) is 5.46 Å². The van der Waals surface area contributed by atoms with Gasteiger partial charge in [0.05, 0.1) is 0 Å². The van der Waals surface area contributed by atoms with Crippen LogP contribution in [-0.2, 0) is 10.8 Å². The Labute approximate surface area is 461 Å². The van der Waals surface area contributed by atoms with Gasteiger partial charge in [-0.15, -0.1) is 0 Å². The van der Waals surface area contributed by atoms with Gasteiger partial charge < -0.3 is 19.8 Å². The summed E-state index contributed by atoms with van der Waals surface area (Å²) in [4.78, 5) is 4.39. The summed E-state index contributed by atoms with van der Waals surface area (Å²) < 4.78 is 3.43. The van der Waals surface area contributed by atoms with Crippen LogP contribution in [0.2, 0.25) is 0 Å². The topological polar surface area (TPSA) is 46.9 Å². The third-order valence-corrected chi connectivity index (χ3v) is 15.6. The number of hydrogen-bond acceptors (Lipinski definition) is 4. The van der Waals surface area contributed by atoms with E-state index < -0.39 is 7.12 Å². The molecular weight excluding hydrogens is 1100 g/mol. The Balaban J connectivity index is 0.000000137. The van der Waals surface area contributed by atoms with E-state index in [1.165, 1.54) is 55.6 Å². The summed E-state index contributed by atoms with van der Waals surface area (Å²) in [6, 6.07) is 83.9. The molecule has 10 aromatic rings. The largest absolute Gasteiger partial charge is 0.488 e. The minimum Gasteiger partial charge on any atom is -0.423 e. The minimum atomic E-state index is -1.48. The first-order chi connectivity index (χ1) is 35.8. The van der Waals surface area contributed by atoms with Crippen molar-refractivity contribution < 1.29 is 10.0 Å². The first kappa shape index (κ1) is 50.7. The zero-order chi connectivity index (χ0) is 51.6. The Kier molecular flexibility index (Phi) is 14.8. The fraction of sp³-hybridized carbons (Fsp3) is 0.0909. The molecule has 0 fully saturated rings. The summed E-state index contributed by atoms with van der Waals surface area (Å²) in [7, 11) is -1.48. The fourth-order valence-corrected chi connectivity index (χ4v) is 11.5. The van der Waals surface area contributed by atoms with Crippen LogP contribution in [0, 0.1) is 0 Å². The molecule has 0 unspecified atom stereocenters. The summed E-state index contributed by atoms with van der Waals surface area (Å²) >= 11 is 10.8. The van der Waals surface area contributed by atoms with Crippen LogP contribution in [0.15, 0.2) is 256 Å². The zero-order valence-corrected chi connectivity index (χ0v) is 46.4. The molecule has 364 valence electrons. The monoisotopic (exact) mass is 1150 g/mol. The molecule has 0 aromatic heterocycles. The summed E-state index contributed by atoms with van der Waals surface area (Å²) in [5.41, 5.74) is 20.3. The van der Waals surface area contributed by atoms with E-state index in [-0.39, 0.29) is 10.8 Å². The molecule has 10 aromatic carbocycles. The molecule has 0 spiro atoms. The van der Waals surface area contributed by atoms with E-state index in [1.54, 1.807) is 12.1 Å². The van der Waals surface area contributed by atoms with Crippen molar-refractivity contribution in [3.05, 3.63) is 278 Å². The number of hydrogen-bond donors (Lipinski definition) is 2. The SMILES string of the molecule is CC1(C)c2cc(Br)ccc2-c2ccc(-c3cccc(N(c4ccccc4)c4ccccc4)c3)cc21.CC1(C)c2cc(Br)ccc2-c2ccc(Br)cc21.OB(O)c1cccc(N(c2ccccc2)c2ccccc2)c1. The maximum Gasteiger partial charge on any atom is 0.488 e. The number of fused-ring (bicyclic) bond motifs is 6. The summed E-state index contributed by atoms with van der Waals surface area (Å²) in [5.74, 6) is 0. The third kappa shape index (κ3) is 10.4. The minimum absolute atomic E-state index is 0.0395. The lowest BCUT2D eigenvalue weighted by atomic mass is 9.80. The molecule has 0 bridgehead atoms. The van der Waals surface area contributed by atoms with Crippen molar-refractivity contribution in [3.63, 3.8) is 0 Å². The highest BCUT2D eigenvalue weighted by Crippen LogP contribution is 2.52. The van der Waals surface area contributed by atoms with E-state index in [9.17, 15) is 10.0 Å². The van der Waals surface area contributed by atoms with Crippen LogP contribution in [0.3, 0.4) is 0 Å². The predicted octanol–water partition coefficient (Wildman–Crippen LogP) is 18.2. The van der Waals surface area contributed by atoms with Crippen LogP contribution >= 0.6 is 47.8 Å². The third-order valence-electron chi connectivity index (χ3n) is 14.2. The number of nitrogens with zero attached hydrogens (tertiary/aromatic N) is 2. The number of rotatable bonds is 8. The van der Waals surface area contributed by atoms with Gasteiger partial charge in [-0.25, -0.2) is 0 Å². The van der Waals surface area contributed by atoms with Gasteiger partial charge in [0.2, 0.25) is 0 Å². The molecule has 0 heterocycles. The van der Waals surface area contributed by atoms with Gasteiger partial charge >= 0.3 is 7.12 Å². The molecule has 12 rings (SSSR count). The summed E-state index contributed by atoms with van der Waals surface area (Å²) in [6.07, 6.45) is 0. The standard InChI is InChI=1S/C33H26BrN.C18H16BNO2.C15H12Br2/c1-33(2)31-21-24(16-18-29(31)30-19-17-25(34)22-32(30)33)23-10-9-15-28(20-23)35(26-11-5-3-6-12-26)27-13-7-4-8-14-27;21-19(22)15-8-7-13-18(14-15)20(16-9-3-1-4-10-16)17-11-5-2-6-12-17;1-15(2)13-7-9(16)3-5-11(13)12-6-4-10(17)8-14(12)15/h3-22H,1-2H3;1-14,21-22H;3-8H,1-2H3. The smallest absolute Gasteiger partial charge is 0.423 e. The quantitative estimate of drug-likeness (QED) is 0.149. The number of halogens is 3. The molecule has 0 amide bonds. The molecule has 0 saturated heterocycles. The van der Waals surface area contributed by atoms with Gasteiger partial charge in [-0.1, -0.05) is 203 Å². The van der Waals surface area contributed by atoms with Gasteiger partial charge in [-0.3, -0.25) is 0 Å². The van der Waals surface area contributed by atoms with Gasteiger partial charge in [0.1, 0.15) is 0 Å². The lowest BCUT2D eigenvalue weighted by molar-refractivity contribution is 0.426. The Hall–Kier alpha value is -6.78. The van der Waals surface area contributed by atoms with Crippen LogP contribution in [-0.4, -0.2) is 17.2 Å². The molecule has 0 saturated carbocycles. The molecule has 2 aliphatic rings. The second-order valence-corrected chi connectivity index (χ2v) is 22.4. The van der Waals surface area contributed by atoms with E-state index in [0.717, 1.165) is 47.5 Å². The highest BCUT2D eigenvalue weighted by atomic mass is 79.9. The molecule has 0 aliphatic heterocycles. The summed E-state index contributed by atoms with van der Waals surface area (Å²) in [5, 5.41) is 18.8. The maximum absolute atomic E-state index is 9.41. The van der Waals surface area contributed by atoms with Crippen molar-refractivity contribution in [2.75, 3.05) is 9.80 Å². The van der Waals surface area contributed by atoms with Crippen LogP contribution in [0.1, 0.15) is 49.9 Å². The Morgan fingerprint density at radius 1 is 0.311 bits per heavy atom. The molecule has 8 heteroatoms. The molecule has 74 heavy (non-hydrogen) atoms. The Bertz CT molecular complexity index is 3460. The average Bonchev–Trinajstić information content (AvgIpc) is 3.79. The second-order valence-electron chi connectivity index (χ2n) is 19.6. The van der Waals surface area contributed by atoms with Crippen molar-refractivity contribution in [2.45, 2.75) is 38.5 Å². The second kappa shape index (κ2) is 21.6. The van der Waals surface area contributed by atoms with Gasteiger partial charge in [0.25, 0.3) is 0 Å². The summed E-state index contributed by atoms with van der Waals surface area (Å²) in [6.45, 7) is 9.24. The highest BCUT2D eigenvalue weighted by molar-refractivity contribution is 9.11. The fourth-order valence-electron chi connectivity index (χ4n) is 10.4. The van der Waals surface area contributed by atoms with E-state index in [4.69, 9.17) is 0 Å². The van der Waals surface area contributed by atoms with E-state index in [2.05, 4.69) is 243 Å². The van der Waals surface area contributed by atoms with Crippen molar-refractivity contribution in [3.8, 4) is 33.4 Å². The predicted molar refractivity (Wildman–Crippen MR) is 322 cm³/mol. The van der Waals surface area contributed by atoms with Crippen LogP contribution in [0.5, 0.6) is 0 Å².